The van der Waals surface area contributed by atoms with Gasteiger partial charge >= 0.3 is 5.97 Å². The summed E-state index contributed by atoms with van der Waals surface area (Å²) in [5.74, 6) is -0.368. The highest BCUT2D eigenvalue weighted by Crippen LogP contribution is 2.19. The summed E-state index contributed by atoms with van der Waals surface area (Å²) in [5, 5.41) is 0. The van der Waals surface area contributed by atoms with Crippen molar-refractivity contribution in [2.45, 2.75) is 46.6 Å². The van der Waals surface area contributed by atoms with E-state index in [0.717, 1.165) is 6.26 Å². The SMILES string of the molecule is CC(C)[C@H](COS(C)(=O)=O)CC(=O)OC(C)(C)C. The maximum Gasteiger partial charge on any atom is 0.306 e. The van der Waals surface area contributed by atoms with Gasteiger partial charge in [0.05, 0.1) is 19.3 Å². The van der Waals surface area contributed by atoms with Crippen molar-refractivity contribution in [1.82, 2.24) is 0 Å². The molecule has 0 saturated heterocycles. The van der Waals surface area contributed by atoms with E-state index in [1.165, 1.54) is 0 Å². The van der Waals surface area contributed by atoms with Gasteiger partial charge in [-0.3, -0.25) is 8.98 Å². The third kappa shape index (κ3) is 9.41. The van der Waals surface area contributed by atoms with Crippen molar-refractivity contribution in [3.63, 3.8) is 0 Å². The summed E-state index contributed by atoms with van der Waals surface area (Å²) in [7, 11) is -3.48. The van der Waals surface area contributed by atoms with Crippen LogP contribution in [-0.2, 0) is 23.8 Å². The number of carbonyl (C=O) groups excluding carboxylic acids is 1. The first-order valence-electron chi connectivity index (χ1n) is 5.97. The van der Waals surface area contributed by atoms with Crippen LogP contribution in [0.15, 0.2) is 0 Å². The van der Waals surface area contributed by atoms with Crippen molar-refractivity contribution in [3.8, 4) is 0 Å². The van der Waals surface area contributed by atoms with E-state index < -0.39 is 15.7 Å². The second kappa shape index (κ2) is 6.52. The molecule has 5 nitrogen and oxygen atoms in total. The summed E-state index contributed by atoms with van der Waals surface area (Å²) in [5.41, 5.74) is -0.531. The summed E-state index contributed by atoms with van der Waals surface area (Å²) in [4.78, 5) is 11.7. The third-order valence-corrected chi connectivity index (χ3v) is 2.85. The van der Waals surface area contributed by atoms with Gasteiger partial charge in [0.2, 0.25) is 0 Å². The topological polar surface area (TPSA) is 69.7 Å². The van der Waals surface area contributed by atoms with Crippen molar-refractivity contribution in [2.75, 3.05) is 12.9 Å². The van der Waals surface area contributed by atoms with Gasteiger partial charge in [-0.2, -0.15) is 8.42 Å². The van der Waals surface area contributed by atoms with Gasteiger partial charge in [0.1, 0.15) is 5.60 Å². The Kier molecular flexibility index (Phi) is 6.29. The van der Waals surface area contributed by atoms with Crippen molar-refractivity contribution in [1.29, 1.82) is 0 Å². The highest BCUT2D eigenvalue weighted by Gasteiger charge is 2.23. The van der Waals surface area contributed by atoms with Gasteiger partial charge in [0.25, 0.3) is 10.1 Å². The zero-order chi connectivity index (χ0) is 14.6. The molecular formula is C12H24O5S. The Bertz CT molecular complexity index is 364. The standard InChI is InChI=1S/C12H24O5S/c1-9(2)10(8-16-18(6,14)15)7-11(13)17-12(3,4)5/h9-10H,7-8H2,1-6H3/t10-/m0/s1. The van der Waals surface area contributed by atoms with E-state index in [2.05, 4.69) is 0 Å². The largest absolute Gasteiger partial charge is 0.460 e. The van der Waals surface area contributed by atoms with Crippen molar-refractivity contribution < 1.29 is 22.1 Å². The number of hydrogen-bond donors (Lipinski definition) is 0. The Labute approximate surface area is 110 Å². The lowest BCUT2D eigenvalue weighted by Crippen LogP contribution is -2.28. The maximum absolute atomic E-state index is 11.7. The molecule has 0 amide bonds. The minimum Gasteiger partial charge on any atom is -0.460 e. The van der Waals surface area contributed by atoms with Crippen LogP contribution in [0.3, 0.4) is 0 Å². The predicted molar refractivity (Wildman–Crippen MR) is 69.6 cm³/mol. The highest BCUT2D eigenvalue weighted by molar-refractivity contribution is 7.85. The van der Waals surface area contributed by atoms with Crippen molar-refractivity contribution in [3.05, 3.63) is 0 Å². The van der Waals surface area contributed by atoms with Crippen LogP contribution in [0.5, 0.6) is 0 Å². The smallest absolute Gasteiger partial charge is 0.306 e. The Morgan fingerprint density at radius 1 is 1.22 bits per heavy atom. The molecule has 0 aromatic carbocycles. The lowest BCUT2D eigenvalue weighted by Gasteiger charge is -2.23. The summed E-state index contributed by atoms with van der Waals surface area (Å²) in [6.07, 6.45) is 1.16. The van der Waals surface area contributed by atoms with Crippen LogP contribution in [0.2, 0.25) is 0 Å². The van der Waals surface area contributed by atoms with E-state index >= 15 is 0 Å². The first kappa shape index (κ1) is 17.4. The van der Waals surface area contributed by atoms with Gasteiger partial charge < -0.3 is 4.74 Å². The van der Waals surface area contributed by atoms with E-state index in [-0.39, 0.29) is 30.8 Å². The van der Waals surface area contributed by atoms with Gasteiger partial charge in [-0.1, -0.05) is 13.8 Å². The van der Waals surface area contributed by atoms with Gasteiger partial charge in [-0.25, -0.2) is 0 Å². The number of rotatable bonds is 6. The maximum atomic E-state index is 11.7. The molecule has 0 spiro atoms. The van der Waals surface area contributed by atoms with Gasteiger partial charge in [0, 0.05) is 0 Å². The van der Waals surface area contributed by atoms with Crippen LogP contribution < -0.4 is 0 Å². The first-order valence-corrected chi connectivity index (χ1v) is 7.78. The normalized spacial score (nSPS) is 14.6. The zero-order valence-electron chi connectivity index (χ0n) is 12.0. The van der Waals surface area contributed by atoms with E-state index in [1.807, 2.05) is 13.8 Å². The fourth-order valence-corrected chi connectivity index (χ4v) is 1.72. The fraction of sp³-hybridized carbons (Fsp3) is 0.917. The monoisotopic (exact) mass is 280 g/mol. The minimum atomic E-state index is -3.48. The number of carbonyl (C=O) groups is 1. The Balaban J connectivity index is 4.41. The zero-order valence-corrected chi connectivity index (χ0v) is 12.8. The van der Waals surface area contributed by atoms with E-state index in [4.69, 9.17) is 8.92 Å². The molecule has 0 unspecified atom stereocenters. The lowest BCUT2D eigenvalue weighted by atomic mass is 9.93. The molecule has 0 radical (unpaired) electrons. The van der Waals surface area contributed by atoms with Crippen LogP contribution in [-0.4, -0.2) is 32.9 Å². The molecule has 0 rings (SSSR count). The number of ether oxygens (including phenoxy) is 1. The molecule has 18 heavy (non-hydrogen) atoms. The molecule has 0 N–H and O–H groups in total. The summed E-state index contributed by atoms with van der Waals surface area (Å²) in [6.45, 7) is 9.23. The van der Waals surface area contributed by atoms with Crippen LogP contribution in [0, 0.1) is 11.8 Å². The van der Waals surface area contributed by atoms with E-state index in [1.54, 1.807) is 20.8 Å². The van der Waals surface area contributed by atoms with E-state index in [9.17, 15) is 13.2 Å². The molecule has 0 aliphatic heterocycles. The van der Waals surface area contributed by atoms with Crippen LogP contribution >= 0.6 is 0 Å². The Hall–Kier alpha value is -0.620. The minimum absolute atomic E-state index is 0.00967. The molecule has 108 valence electrons. The molecule has 1 atom stereocenters. The quantitative estimate of drug-likeness (QED) is 0.549. The Morgan fingerprint density at radius 2 is 1.72 bits per heavy atom. The highest BCUT2D eigenvalue weighted by atomic mass is 32.2. The third-order valence-electron chi connectivity index (χ3n) is 2.29. The second-order valence-electron chi connectivity index (χ2n) is 5.78. The van der Waals surface area contributed by atoms with Gasteiger partial charge in [-0.05, 0) is 32.6 Å². The van der Waals surface area contributed by atoms with Crippen LogP contribution in [0.25, 0.3) is 0 Å². The van der Waals surface area contributed by atoms with Gasteiger partial charge in [-0.15, -0.1) is 0 Å². The predicted octanol–water partition coefficient (Wildman–Crippen LogP) is 1.97. The summed E-state index contributed by atoms with van der Waals surface area (Å²) in [6, 6.07) is 0. The second-order valence-corrected chi connectivity index (χ2v) is 7.43. The molecule has 0 aromatic rings. The summed E-state index contributed by atoms with van der Waals surface area (Å²) < 4.78 is 31.8. The molecule has 6 heteroatoms. The van der Waals surface area contributed by atoms with Crippen molar-refractivity contribution >= 4 is 16.1 Å². The van der Waals surface area contributed by atoms with Crippen molar-refractivity contribution in [2.24, 2.45) is 11.8 Å². The van der Waals surface area contributed by atoms with E-state index in [0.29, 0.717) is 0 Å². The molecule has 0 aromatic heterocycles. The molecular weight excluding hydrogens is 256 g/mol. The first-order chi connectivity index (χ1) is 7.91. The van der Waals surface area contributed by atoms with Crippen LogP contribution in [0.1, 0.15) is 41.0 Å². The molecule has 0 bridgehead atoms. The molecule has 0 heterocycles. The number of hydrogen-bond acceptors (Lipinski definition) is 5. The molecule has 0 saturated carbocycles. The summed E-state index contributed by atoms with van der Waals surface area (Å²) >= 11 is 0. The molecule has 0 aliphatic rings. The van der Waals surface area contributed by atoms with Gasteiger partial charge in [0.15, 0.2) is 0 Å². The molecule has 0 aliphatic carbocycles. The number of esters is 1. The average Bonchev–Trinajstić information content (AvgIpc) is 2.06. The fourth-order valence-electron chi connectivity index (χ4n) is 1.30. The average molecular weight is 280 g/mol. The lowest BCUT2D eigenvalue weighted by molar-refractivity contribution is -0.156. The Morgan fingerprint density at radius 3 is 2.06 bits per heavy atom. The van der Waals surface area contributed by atoms with Crippen LogP contribution in [0.4, 0.5) is 0 Å². The molecule has 0 fully saturated rings.